The van der Waals surface area contributed by atoms with Crippen molar-refractivity contribution in [1.82, 2.24) is 0 Å². The summed E-state index contributed by atoms with van der Waals surface area (Å²) in [5.74, 6) is -4.33. The molecule has 3 N–H and O–H groups in total. The van der Waals surface area contributed by atoms with Crippen LogP contribution in [0.15, 0.2) is 12.7 Å². The van der Waals surface area contributed by atoms with Gasteiger partial charge in [-0.25, -0.2) is 9.59 Å². The summed E-state index contributed by atoms with van der Waals surface area (Å²) in [5, 5.41) is 7.12. The van der Waals surface area contributed by atoms with Gasteiger partial charge in [0.25, 0.3) is 5.78 Å². The lowest BCUT2D eigenvalue weighted by molar-refractivity contribution is -0.192. The summed E-state index contributed by atoms with van der Waals surface area (Å²) in [7, 11) is 0. The van der Waals surface area contributed by atoms with Crippen LogP contribution >= 0.6 is 0 Å². The molecule has 0 unspecified atom stereocenters. The molecule has 0 saturated carbocycles. The maximum atomic E-state index is 11.8. The first-order chi connectivity index (χ1) is 12.5. The van der Waals surface area contributed by atoms with Gasteiger partial charge in [-0.2, -0.15) is 18.0 Å². The number of nitrogens with zero attached hydrogens (tertiary/aromatic N) is 2. The molecule has 1 atom stereocenters. The summed E-state index contributed by atoms with van der Waals surface area (Å²) in [6, 6.07) is -0.344. The zero-order chi connectivity index (χ0) is 21.5. The van der Waals surface area contributed by atoms with E-state index in [-0.39, 0.29) is 19.1 Å². The van der Waals surface area contributed by atoms with E-state index in [1.807, 2.05) is 0 Å². The first kappa shape index (κ1) is 26.7. The van der Waals surface area contributed by atoms with Gasteiger partial charge in [0.15, 0.2) is 0 Å². The van der Waals surface area contributed by atoms with Gasteiger partial charge in [0.2, 0.25) is 0 Å². The Hall–Kier alpha value is -2.52. The number of carbonyl (C=O) groups excluding carboxylic acids is 2. The average molecular weight is 395 g/mol. The van der Waals surface area contributed by atoms with E-state index in [4.69, 9.17) is 21.2 Å². The van der Waals surface area contributed by atoms with E-state index >= 15 is 0 Å². The molecule has 0 saturated heterocycles. The lowest BCUT2D eigenvalue weighted by Gasteiger charge is -2.08. The number of alkyl halides is 3. The fourth-order valence-electron chi connectivity index (χ4n) is 1.68. The zero-order valence-electron chi connectivity index (χ0n) is 15.0. The van der Waals surface area contributed by atoms with Crippen LogP contribution in [-0.2, 0) is 19.1 Å². The number of carboxylic acids is 1. The molecule has 0 spiro atoms. The predicted molar refractivity (Wildman–Crippen MR) is 89.8 cm³/mol. The Morgan fingerprint density at radius 2 is 1.85 bits per heavy atom. The van der Waals surface area contributed by atoms with Gasteiger partial charge in [-0.3, -0.25) is 4.79 Å². The summed E-state index contributed by atoms with van der Waals surface area (Å²) >= 11 is 0. The van der Waals surface area contributed by atoms with Gasteiger partial charge in [0, 0.05) is 12.5 Å². The minimum Gasteiger partial charge on any atom is -0.475 e. The number of hydrogen-bond donors (Lipinski definition) is 2. The number of unbranched alkanes of at least 4 members (excludes halogenated alkanes) is 3. The lowest BCUT2D eigenvalue weighted by Crippen LogP contribution is -2.33. The van der Waals surface area contributed by atoms with Crippen LogP contribution < -0.4 is 5.73 Å². The van der Waals surface area contributed by atoms with E-state index in [0.29, 0.717) is 6.42 Å². The topological polar surface area (TPSA) is 143 Å². The van der Waals surface area contributed by atoms with Crippen molar-refractivity contribution in [3.05, 3.63) is 18.2 Å². The fourth-order valence-corrected chi connectivity index (χ4v) is 1.68. The van der Waals surface area contributed by atoms with Gasteiger partial charge < -0.3 is 21.1 Å². The van der Waals surface area contributed by atoms with E-state index in [1.165, 1.54) is 6.08 Å². The minimum absolute atomic E-state index is 0.0330. The summed E-state index contributed by atoms with van der Waals surface area (Å²) in [4.78, 5) is 34.8. The van der Waals surface area contributed by atoms with Gasteiger partial charge >= 0.3 is 23.8 Å². The Morgan fingerprint density at radius 1 is 1.30 bits per heavy atom. The third kappa shape index (κ3) is 14.3. The van der Waals surface area contributed by atoms with Crippen LogP contribution in [0.4, 0.5) is 13.2 Å². The molecular formula is C16H24F3N3O5. The standard InChI is InChI=1S/C14H23N3O3.C2HF3O2/c1-3-5-6-7-8-11(15)10-12(18)13(17-16)14(19)20-9-4-2;3-2(4,5)1(6)7/h4,11H,2-3,5-10,15H2,1H3;(H,6,7)/t11-;/m0./s1. The summed E-state index contributed by atoms with van der Waals surface area (Å²) in [6.45, 7) is 5.44. The van der Waals surface area contributed by atoms with E-state index < -0.39 is 29.6 Å². The van der Waals surface area contributed by atoms with Crippen molar-refractivity contribution in [2.75, 3.05) is 6.61 Å². The number of hydrogen-bond acceptors (Lipinski definition) is 5. The molecule has 8 nitrogen and oxygen atoms in total. The van der Waals surface area contributed by atoms with Crippen LogP contribution in [0.2, 0.25) is 0 Å². The molecule has 0 aromatic rings. The number of carbonyl (C=O) groups is 3. The summed E-state index contributed by atoms with van der Waals surface area (Å²) < 4.78 is 36.4. The molecule has 0 aromatic carbocycles. The molecule has 27 heavy (non-hydrogen) atoms. The highest BCUT2D eigenvalue weighted by Gasteiger charge is 2.38. The van der Waals surface area contributed by atoms with E-state index in [0.717, 1.165) is 25.7 Å². The number of aliphatic carboxylic acids is 1. The maximum absolute atomic E-state index is 11.8. The summed E-state index contributed by atoms with van der Waals surface area (Å²) in [5.41, 5.74) is 13.9. The Kier molecular flexibility index (Phi) is 14.5. The molecule has 0 fully saturated rings. The number of rotatable bonds is 11. The normalized spacial score (nSPS) is 11.3. The number of carboxylic acid groups (broad SMARTS) is 1. The molecule has 0 aromatic heterocycles. The van der Waals surface area contributed by atoms with Gasteiger partial charge in [-0.15, -0.1) is 0 Å². The highest BCUT2D eigenvalue weighted by Crippen LogP contribution is 2.13. The second kappa shape index (κ2) is 14.6. The number of Topliss-reactive ketones (excluding diaryl/α,β-unsaturated/α-hetero) is 1. The molecule has 0 aliphatic heterocycles. The van der Waals surface area contributed by atoms with Crippen LogP contribution in [0.5, 0.6) is 0 Å². The van der Waals surface area contributed by atoms with Gasteiger partial charge in [0.1, 0.15) is 6.61 Å². The molecule has 0 rings (SSSR count). The average Bonchev–Trinajstić information content (AvgIpc) is 2.57. The monoisotopic (exact) mass is 395 g/mol. The maximum Gasteiger partial charge on any atom is 0.490 e. The molecule has 0 amide bonds. The number of ketones is 1. The highest BCUT2D eigenvalue weighted by atomic mass is 19.4. The molecule has 0 heterocycles. The third-order valence-electron chi connectivity index (χ3n) is 3.01. The van der Waals surface area contributed by atoms with Crippen molar-refractivity contribution in [2.24, 2.45) is 5.73 Å². The van der Waals surface area contributed by atoms with Crippen LogP contribution in [0.1, 0.15) is 45.4 Å². The van der Waals surface area contributed by atoms with Crippen molar-refractivity contribution in [3.63, 3.8) is 0 Å². The molecule has 0 aliphatic carbocycles. The second-order valence-electron chi connectivity index (χ2n) is 5.38. The van der Waals surface area contributed by atoms with Crippen LogP contribution in [0.25, 0.3) is 5.53 Å². The fraction of sp³-hybridized carbons (Fsp3) is 0.625. The number of nitrogens with two attached hydrogens (primary N) is 1. The minimum atomic E-state index is -5.08. The van der Waals surface area contributed by atoms with Crippen LogP contribution in [0, 0.1) is 0 Å². The van der Waals surface area contributed by atoms with Crippen molar-refractivity contribution >= 4 is 23.4 Å². The first-order valence-corrected chi connectivity index (χ1v) is 8.10. The molecule has 0 radical (unpaired) electrons. The van der Waals surface area contributed by atoms with Crippen molar-refractivity contribution in [3.8, 4) is 0 Å². The van der Waals surface area contributed by atoms with E-state index in [1.54, 1.807) is 0 Å². The first-order valence-electron chi connectivity index (χ1n) is 8.10. The Labute approximate surface area is 154 Å². The Balaban J connectivity index is 0. The summed E-state index contributed by atoms with van der Waals surface area (Å²) in [6.07, 6.45) is 1.22. The second-order valence-corrected chi connectivity index (χ2v) is 5.38. The van der Waals surface area contributed by atoms with Gasteiger partial charge in [0.05, 0.1) is 0 Å². The largest absolute Gasteiger partial charge is 0.490 e. The smallest absolute Gasteiger partial charge is 0.475 e. The number of halogens is 3. The number of ether oxygens (including phenoxy) is 1. The number of esters is 1. The highest BCUT2D eigenvalue weighted by molar-refractivity contribution is 6.62. The van der Waals surface area contributed by atoms with E-state index in [2.05, 4.69) is 23.0 Å². The predicted octanol–water partition coefficient (Wildman–Crippen LogP) is 2.28. The molecular weight excluding hydrogens is 371 g/mol. The molecule has 0 aliphatic rings. The van der Waals surface area contributed by atoms with Crippen molar-refractivity contribution in [1.29, 1.82) is 0 Å². The van der Waals surface area contributed by atoms with Gasteiger partial charge in [-0.05, 0) is 6.42 Å². The van der Waals surface area contributed by atoms with Crippen LogP contribution in [0.3, 0.4) is 0 Å². The van der Waals surface area contributed by atoms with Crippen molar-refractivity contribution in [2.45, 2.75) is 57.7 Å². The molecule has 11 heteroatoms. The lowest BCUT2D eigenvalue weighted by atomic mass is 10.0. The zero-order valence-corrected chi connectivity index (χ0v) is 15.0. The Bertz CT molecular complexity index is 558. The Morgan fingerprint density at radius 3 is 2.26 bits per heavy atom. The third-order valence-corrected chi connectivity index (χ3v) is 3.01. The van der Waals surface area contributed by atoms with Crippen molar-refractivity contribution < 1.29 is 42.2 Å². The van der Waals surface area contributed by atoms with Gasteiger partial charge in [-0.1, -0.05) is 45.3 Å². The quantitative estimate of drug-likeness (QED) is 0.104. The van der Waals surface area contributed by atoms with Crippen LogP contribution in [-0.4, -0.2) is 52.2 Å². The SMILES string of the molecule is C=CCOC(=O)C(=[N+]=[N-])C(=O)C[C@@H](N)CCCCCC.O=C(O)C(F)(F)F. The van der Waals surface area contributed by atoms with E-state index in [9.17, 15) is 22.8 Å². The molecule has 154 valence electrons. The molecule has 0 bridgehead atoms.